The summed E-state index contributed by atoms with van der Waals surface area (Å²) in [5.41, 5.74) is 6.38. The molecule has 1 atom stereocenters. The van der Waals surface area contributed by atoms with Gasteiger partial charge in [-0.1, -0.05) is 6.07 Å². The van der Waals surface area contributed by atoms with Crippen LogP contribution in [0.15, 0.2) is 22.7 Å². The summed E-state index contributed by atoms with van der Waals surface area (Å²) >= 11 is 3.37. The zero-order valence-corrected chi connectivity index (χ0v) is 9.87. The standard InChI is InChI=1S/C10H14BrNO2/c1-7(13-2)6-14-10-8(11)4-3-5-9(10)12/h3-5,7H,6,12H2,1-2H3. The van der Waals surface area contributed by atoms with Crippen LogP contribution in [0.25, 0.3) is 0 Å². The van der Waals surface area contributed by atoms with Crippen molar-refractivity contribution in [3.63, 3.8) is 0 Å². The first-order valence-corrected chi connectivity index (χ1v) is 5.14. The number of ether oxygens (including phenoxy) is 2. The summed E-state index contributed by atoms with van der Waals surface area (Å²) in [6.45, 7) is 2.43. The van der Waals surface area contributed by atoms with Gasteiger partial charge in [0.25, 0.3) is 0 Å². The average Bonchev–Trinajstić information content (AvgIpc) is 2.16. The highest BCUT2D eigenvalue weighted by molar-refractivity contribution is 9.10. The van der Waals surface area contributed by atoms with Crippen molar-refractivity contribution in [1.82, 2.24) is 0 Å². The Bertz CT molecular complexity index is 284. The SMILES string of the molecule is COC(C)COc1c(N)cccc1Br. The van der Waals surface area contributed by atoms with Crippen molar-refractivity contribution in [1.29, 1.82) is 0 Å². The zero-order chi connectivity index (χ0) is 10.6. The van der Waals surface area contributed by atoms with Crippen LogP contribution in [0.4, 0.5) is 5.69 Å². The topological polar surface area (TPSA) is 44.5 Å². The number of nitrogen functional groups attached to an aromatic ring is 1. The van der Waals surface area contributed by atoms with Crippen molar-refractivity contribution in [2.45, 2.75) is 13.0 Å². The van der Waals surface area contributed by atoms with Gasteiger partial charge in [-0.15, -0.1) is 0 Å². The molecule has 1 rings (SSSR count). The van der Waals surface area contributed by atoms with E-state index in [9.17, 15) is 0 Å². The van der Waals surface area contributed by atoms with Crippen molar-refractivity contribution >= 4 is 21.6 Å². The zero-order valence-electron chi connectivity index (χ0n) is 8.29. The third-order valence-electron chi connectivity index (χ3n) is 1.86. The number of para-hydroxylation sites is 1. The maximum absolute atomic E-state index is 5.75. The number of halogens is 1. The van der Waals surface area contributed by atoms with Crippen molar-refractivity contribution in [2.75, 3.05) is 19.5 Å². The molecule has 78 valence electrons. The van der Waals surface area contributed by atoms with Crippen LogP contribution in [0.3, 0.4) is 0 Å². The van der Waals surface area contributed by atoms with E-state index >= 15 is 0 Å². The predicted molar refractivity (Wildman–Crippen MR) is 60.5 cm³/mol. The van der Waals surface area contributed by atoms with E-state index in [1.165, 1.54) is 0 Å². The fraction of sp³-hybridized carbons (Fsp3) is 0.400. The third-order valence-corrected chi connectivity index (χ3v) is 2.49. The molecule has 1 aromatic rings. The first-order chi connectivity index (χ1) is 6.65. The molecule has 1 unspecified atom stereocenters. The summed E-state index contributed by atoms with van der Waals surface area (Å²) in [5, 5.41) is 0. The van der Waals surface area contributed by atoms with Crippen LogP contribution in [0.5, 0.6) is 5.75 Å². The Labute approximate surface area is 92.3 Å². The van der Waals surface area contributed by atoms with Crippen molar-refractivity contribution in [3.05, 3.63) is 22.7 Å². The number of hydrogen-bond donors (Lipinski definition) is 1. The summed E-state index contributed by atoms with van der Waals surface area (Å²) < 4.78 is 11.5. The number of benzene rings is 1. The van der Waals surface area contributed by atoms with Crippen LogP contribution in [0, 0.1) is 0 Å². The van der Waals surface area contributed by atoms with Crippen molar-refractivity contribution < 1.29 is 9.47 Å². The number of methoxy groups -OCH3 is 1. The van der Waals surface area contributed by atoms with E-state index in [0.29, 0.717) is 18.0 Å². The van der Waals surface area contributed by atoms with Gasteiger partial charge < -0.3 is 15.2 Å². The van der Waals surface area contributed by atoms with Crippen LogP contribution in [0.2, 0.25) is 0 Å². The highest BCUT2D eigenvalue weighted by atomic mass is 79.9. The lowest BCUT2D eigenvalue weighted by atomic mass is 10.3. The van der Waals surface area contributed by atoms with Gasteiger partial charge in [0, 0.05) is 7.11 Å². The number of rotatable bonds is 4. The Balaban J connectivity index is 2.66. The van der Waals surface area contributed by atoms with E-state index in [4.69, 9.17) is 15.2 Å². The average molecular weight is 260 g/mol. The monoisotopic (exact) mass is 259 g/mol. The summed E-state index contributed by atoms with van der Waals surface area (Å²) in [6.07, 6.45) is 0.0570. The van der Waals surface area contributed by atoms with Gasteiger partial charge in [0.15, 0.2) is 5.75 Å². The van der Waals surface area contributed by atoms with Gasteiger partial charge in [-0.25, -0.2) is 0 Å². The van der Waals surface area contributed by atoms with E-state index in [0.717, 1.165) is 4.47 Å². The highest BCUT2D eigenvalue weighted by Crippen LogP contribution is 2.30. The number of anilines is 1. The molecule has 2 N–H and O–H groups in total. The van der Waals surface area contributed by atoms with Crippen LogP contribution in [-0.4, -0.2) is 19.8 Å². The fourth-order valence-corrected chi connectivity index (χ4v) is 1.44. The van der Waals surface area contributed by atoms with Crippen LogP contribution >= 0.6 is 15.9 Å². The molecule has 14 heavy (non-hydrogen) atoms. The van der Waals surface area contributed by atoms with Crippen molar-refractivity contribution in [2.24, 2.45) is 0 Å². The van der Waals surface area contributed by atoms with Gasteiger partial charge in [-0.2, -0.15) is 0 Å². The first kappa shape index (κ1) is 11.3. The second-order valence-corrected chi connectivity index (χ2v) is 3.87. The lowest BCUT2D eigenvalue weighted by Crippen LogP contribution is -2.16. The van der Waals surface area contributed by atoms with Crippen LogP contribution in [-0.2, 0) is 4.74 Å². The first-order valence-electron chi connectivity index (χ1n) is 4.34. The molecule has 0 saturated carbocycles. The summed E-state index contributed by atoms with van der Waals surface area (Å²) in [4.78, 5) is 0. The van der Waals surface area contributed by atoms with E-state index in [1.54, 1.807) is 13.2 Å². The Morgan fingerprint density at radius 3 is 2.79 bits per heavy atom. The van der Waals surface area contributed by atoms with Crippen LogP contribution < -0.4 is 10.5 Å². The van der Waals surface area contributed by atoms with Crippen molar-refractivity contribution in [3.8, 4) is 5.75 Å². The molecule has 0 aliphatic rings. The van der Waals surface area contributed by atoms with Gasteiger partial charge in [0.05, 0.1) is 16.3 Å². The Hall–Kier alpha value is -0.740. The molecule has 0 aliphatic heterocycles. The minimum atomic E-state index is 0.0570. The molecule has 0 fully saturated rings. The maximum atomic E-state index is 5.75. The predicted octanol–water partition coefficient (Wildman–Crippen LogP) is 2.45. The highest BCUT2D eigenvalue weighted by Gasteiger charge is 2.07. The third kappa shape index (κ3) is 2.89. The van der Waals surface area contributed by atoms with Gasteiger partial charge >= 0.3 is 0 Å². The maximum Gasteiger partial charge on any atom is 0.156 e. The second-order valence-electron chi connectivity index (χ2n) is 3.02. The minimum Gasteiger partial charge on any atom is -0.488 e. The number of nitrogens with two attached hydrogens (primary N) is 1. The largest absolute Gasteiger partial charge is 0.488 e. The molecule has 1 aromatic carbocycles. The molecular weight excluding hydrogens is 246 g/mol. The van der Waals surface area contributed by atoms with Gasteiger partial charge in [-0.3, -0.25) is 0 Å². The molecule has 0 amide bonds. The minimum absolute atomic E-state index is 0.0570. The lowest BCUT2D eigenvalue weighted by Gasteiger charge is -2.14. The van der Waals surface area contributed by atoms with Gasteiger partial charge in [0.2, 0.25) is 0 Å². The molecular formula is C10H14BrNO2. The fourth-order valence-electron chi connectivity index (χ4n) is 0.947. The van der Waals surface area contributed by atoms with E-state index in [2.05, 4.69) is 15.9 Å². The molecule has 0 spiro atoms. The molecule has 4 heteroatoms. The summed E-state index contributed by atoms with van der Waals surface area (Å²) in [7, 11) is 1.65. The lowest BCUT2D eigenvalue weighted by molar-refractivity contribution is 0.0717. The Morgan fingerprint density at radius 1 is 1.50 bits per heavy atom. The molecule has 0 heterocycles. The second kappa shape index (κ2) is 5.22. The molecule has 0 saturated heterocycles. The summed E-state index contributed by atoms with van der Waals surface area (Å²) in [6, 6.07) is 5.56. The molecule has 0 bridgehead atoms. The number of hydrogen-bond acceptors (Lipinski definition) is 3. The van der Waals surface area contributed by atoms with E-state index < -0.39 is 0 Å². The smallest absolute Gasteiger partial charge is 0.156 e. The van der Waals surface area contributed by atoms with E-state index in [1.807, 2.05) is 19.1 Å². The van der Waals surface area contributed by atoms with E-state index in [-0.39, 0.29) is 6.10 Å². The molecule has 0 radical (unpaired) electrons. The van der Waals surface area contributed by atoms with Crippen LogP contribution in [0.1, 0.15) is 6.92 Å². The van der Waals surface area contributed by atoms with Gasteiger partial charge in [0.1, 0.15) is 6.61 Å². The molecule has 3 nitrogen and oxygen atoms in total. The molecule has 0 aliphatic carbocycles. The van der Waals surface area contributed by atoms with Gasteiger partial charge in [-0.05, 0) is 35.0 Å². The Morgan fingerprint density at radius 2 is 2.21 bits per heavy atom. The summed E-state index contributed by atoms with van der Waals surface area (Å²) in [5.74, 6) is 0.677. The Kier molecular flexibility index (Phi) is 4.22. The molecule has 0 aromatic heterocycles. The quantitative estimate of drug-likeness (QED) is 0.845. The normalized spacial score (nSPS) is 12.5.